The lowest BCUT2D eigenvalue weighted by Crippen LogP contribution is -2.39. The first-order chi connectivity index (χ1) is 15.3. The number of hydrogen-bond acceptors (Lipinski definition) is 4. The lowest BCUT2D eigenvalue weighted by atomic mass is 9.91. The molecule has 0 atom stereocenters. The minimum absolute atomic E-state index is 0.0330. The molecule has 0 spiro atoms. The third kappa shape index (κ3) is 5.60. The molecule has 2 aliphatic rings. The minimum atomic E-state index is -3.64. The zero-order valence-corrected chi connectivity index (χ0v) is 20.0. The van der Waals surface area contributed by atoms with Gasteiger partial charge in [-0.15, -0.1) is 0 Å². The average molecular weight is 477 g/mol. The predicted octanol–water partition coefficient (Wildman–Crippen LogP) is 3.94. The molecule has 0 aromatic heterocycles. The molecule has 1 saturated heterocycles. The summed E-state index contributed by atoms with van der Waals surface area (Å²) in [6, 6.07) is 15.9. The molecule has 1 N–H and O–H groups in total. The van der Waals surface area contributed by atoms with Crippen LogP contribution in [-0.4, -0.2) is 40.3 Å². The van der Waals surface area contributed by atoms with Crippen molar-refractivity contribution in [3.63, 3.8) is 0 Å². The first-order valence-corrected chi connectivity index (χ1v) is 14.4. The van der Waals surface area contributed by atoms with Crippen molar-refractivity contribution >= 4 is 20.0 Å². The van der Waals surface area contributed by atoms with E-state index in [1.54, 1.807) is 0 Å². The summed E-state index contributed by atoms with van der Waals surface area (Å²) in [6.45, 7) is 0.978. The lowest BCUT2D eigenvalue weighted by molar-refractivity contribution is 0.273. The van der Waals surface area contributed by atoms with Gasteiger partial charge in [-0.1, -0.05) is 49.6 Å². The van der Waals surface area contributed by atoms with Crippen LogP contribution in [0.4, 0.5) is 0 Å². The van der Waals surface area contributed by atoms with Gasteiger partial charge in [0.1, 0.15) is 0 Å². The maximum atomic E-state index is 13.1. The largest absolute Gasteiger partial charge is 0.243 e. The smallest absolute Gasteiger partial charge is 0.208 e. The monoisotopic (exact) mass is 476 g/mol. The highest BCUT2D eigenvalue weighted by Crippen LogP contribution is 2.27. The Bertz CT molecular complexity index is 1090. The Kier molecular flexibility index (Phi) is 7.34. The fourth-order valence-corrected chi connectivity index (χ4v) is 7.52. The van der Waals surface area contributed by atoms with Crippen LogP contribution in [0, 0.1) is 5.92 Å². The van der Waals surface area contributed by atoms with E-state index in [2.05, 4.69) is 16.9 Å². The van der Waals surface area contributed by atoms with E-state index in [-0.39, 0.29) is 15.8 Å². The van der Waals surface area contributed by atoms with Gasteiger partial charge in [0.05, 0.1) is 9.79 Å². The first-order valence-electron chi connectivity index (χ1n) is 11.5. The number of nitrogens with one attached hydrogen (secondary N) is 1. The van der Waals surface area contributed by atoms with Gasteiger partial charge in [0.15, 0.2) is 0 Å². The van der Waals surface area contributed by atoms with Crippen molar-refractivity contribution < 1.29 is 16.8 Å². The van der Waals surface area contributed by atoms with Gasteiger partial charge in [-0.3, -0.25) is 0 Å². The van der Waals surface area contributed by atoms with Gasteiger partial charge in [0, 0.05) is 19.1 Å². The predicted molar refractivity (Wildman–Crippen MR) is 125 cm³/mol. The molecule has 4 rings (SSSR count). The fourth-order valence-electron chi connectivity index (χ4n) is 4.75. The van der Waals surface area contributed by atoms with Crippen molar-refractivity contribution in [1.82, 2.24) is 9.03 Å². The third-order valence-electron chi connectivity index (χ3n) is 6.64. The Balaban J connectivity index is 1.38. The summed E-state index contributed by atoms with van der Waals surface area (Å²) in [6.07, 6.45) is 7.54. The van der Waals surface area contributed by atoms with E-state index in [0.29, 0.717) is 19.0 Å². The highest BCUT2D eigenvalue weighted by Gasteiger charge is 2.30. The molecule has 1 aliphatic carbocycles. The maximum Gasteiger partial charge on any atom is 0.243 e. The van der Waals surface area contributed by atoms with Crippen LogP contribution >= 0.6 is 0 Å². The number of piperidine rings is 1. The number of hydrogen-bond donors (Lipinski definition) is 1. The van der Waals surface area contributed by atoms with Gasteiger partial charge in [0.2, 0.25) is 20.0 Å². The summed E-state index contributed by atoms with van der Waals surface area (Å²) in [5.74, 6) is 0.474. The number of rotatable bonds is 7. The highest BCUT2D eigenvalue weighted by molar-refractivity contribution is 7.89. The van der Waals surface area contributed by atoms with Crippen molar-refractivity contribution in [1.29, 1.82) is 0 Å². The van der Waals surface area contributed by atoms with Gasteiger partial charge in [0.25, 0.3) is 0 Å². The molecule has 0 radical (unpaired) electrons. The molecular weight excluding hydrogens is 444 g/mol. The van der Waals surface area contributed by atoms with Crippen molar-refractivity contribution in [2.75, 3.05) is 13.1 Å². The van der Waals surface area contributed by atoms with Crippen molar-refractivity contribution in [2.24, 2.45) is 5.92 Å². The molecule has 0 bridgehead atoms. The SMILES string of the molecule is O=S(=O)(NC1CCCCC1)c1ccc(S(=O)(=O)N2CCC(Cc3ccccc3)CC2)cc1. The Hall–Kier alpha value is -1.74. The summed E-state index contributed by atoms with van der Waals surface area (Å²) in [5, 5.41) is 0. The van der Waals surface area contributed by atoms with Crippen LogP contribution < -0.4 is 4.72 Å². The average Bonchev–Trinajstić information content (AvgIpc) is 2.81. The van der Waals surface area contributed by atoms with Crippen LogP contribution in [0.15, 0.2) is 64.4 Å². The number of sulfonamides is 2. The van der Waals surface area contributed by atoms with Gasteiger partial charge >= 0.3 is 0 Å². The van der Waals surface area contributed by atoms with Crippen molar-refractivity contribution in [3.05, 3.63) is 60.2 Å². The molecule has 1 saturated carbocycles. The second-order valence-corrected chi connectivity index (χ2v) is 12.6. The van der Waals surface area contributed by atoms with Gasteiger partial charge in [-0.2, -0.15) is 4.31 Å². The first kappa shape index (κ1) is 23.4. The van der Waals surface area contributed by atoms with E-state index in [1.807, 2.05) is 18.2 Å². The van der Waals surface area contributed by atoms with Gasteiger partial charge < -0.3 is 0 Å². The minimum Gasteiger partial charge on any atom is -0.208 e. The lowest BCUT2D eigenvalue weighted by Gasteiger charge is -2.31. The summed E-state index contributed by atoms with van der Waals surface area (Å²) in [7, 11) is -7.27. The quantitative estimate of drug-likeness (QED) is 0.656. The molecule has 0 unspecified atom stereocenters. The molecule has 2 fully saturated rings. The molecular formula is C24H32N2O4S2. The Morgan fingerprint density at radius 3 is 1.97 bits per heavy atom. The van der Waals surface area contributed by atoms with E-state index < -0.39 is 20.0 Å². The fraction of sp³-hybridized carbons (Fsp3) is 0.500. The zero-order valence-electron chi connectivity index (χ0n) is 18.3. The molecule has 6 nitrogen and oxygen atoms in total. The molecule has 8 heteroatoms. The molecule has 174 valence electrons. The normalized spacial score (nSPS) is 19.8. The third-order valence-corrected chi connectivity index (χ3v) is 10.1. The summed E-state index contributed by atoms with van der Waals surface area (Å²) >= 11 is 0. The second-order valence-electron chi connectivity index (χ2n) is 8.96. The molecule has 0 amide bonds. The van der Waals surface area contributed by atoms with Crippen LogP contribution in [0.2, 0.25) is 0 Å². The van der Waals surface area contributed by atoms with E-state index in [0.717, 1.165) is 51.4 Å². The molecule has 1 heterocycles. The van der Waals surface area contributed by atoms with E-state index >= 15 is 0 Å². The van der Waals surface area contributed by atoms with E-state index in [1.165, 1.54) is 34.1 Å². The zero-order chi connectivity index (χ0) is 22.6. The number of benzene rings is 2. The molecule has 32 heavy (non-hydrogen) atoms. The van der Waals surface area contributed by atoms with Crippen LogP contribution in [-0.2, 0) is 26.5 Å². The summed E-state index contributed by atoms with van der Waals surface area (Å²) in [5.41, 5.74) is 1.28. The molecule has 2 aromatic rings. The number of nitrogens with zero attached hydrogens (tertiary/aromatic N) is 1. The van der Waals surface area contributed by atoms with Crippen LogP contribution in [0.1, 0.15) is 50.5 Å². The van der Waals surface area contributed by atoms with Crippen molar-refractivity contribution in [3.8, 4) is 0 Å². The van der Waals surface area contributed by atoms with Crippen LogP contribution in [0.3, 0.4) is 0 Å². The van der Waals surface area contributed by atoms with Crippen LogP contribution in [0.5, 0.6) is 0 Å². The standard InChI is InChI=1S/C24H32N2O4S2/c27-31(28,25-22-9-5-2-6-10-22)23-11-13-24(14-12-23)32(29,30)26-17-15-21(16-18-26)19-20-7-3-1-4-8-20/h1,3-4,7-8,11-14,21-22,25H,2,5-6,9-10,15-19H2. The van der Waals surface area contributed by atoms with Gasteiger partial charge in [-0.25, -0.2) is 21.6 Å². The Labute approximate surface area is 192 Å². The van der Waals surface area contributed by atoms with Crippen LogP contribution in [0.25, 0.3) is 0 Å². The topological polar surface area (TPSA) is 83.5 Å². The highest BCUT2D eigenvalue weighted by atomic mass is 32.2. The Morgan fingerprint density at radius 1 is 0.750 bits per heavy atom. The maximum absolute atomic E-state index is 13.1. The van der Waals surface area contributed by atoms with E-state index in [4.69, 9.17) is 0 Å². The van der Waals surface area contributed by atoms with E-state index in [9.17, 15) is 16.8 Å². The second kappa shape index (κ2) is 10.0. The summed E-state index contributed by atoms with van der Waals surface area (Å²) < 4.78 is 55.8. The molecule has 1 aliphatic heterocycles. The van der Waals surface area contributed by atoms with Gasteiger partial charge in [-0.05, 0) is 67.9 Å². The summed E-state index contributed by atoms with van der Waals surface area (Å²) in [4.78, 5) is 0.263. The Morgan fingerprint density at radius 2 is 1.34 bits per heavy atom. The van der Waals surface area contributed by atoms with Crippen molar-refractivity contribution in [2.45, 2.75) is 67.2 Å². The molecule has 2 aromatic carbocycles.